The standard InChI is InChI=1S/C40H54O6/c1-12-46-32-18-16-28(21-31(32)41)34(42)33-35(43)39(22-29(27(8)9)15-13-24(2)3)23-30(17-14-25(4)5)38(10,11)40(36(33)44,37(39)45)20-19-26(6)7/h14,16,18-19,21,29-30,41-42H,2,8,12-13,15,17,20,22-23H2,1,3-7,9-11H3/b34-33-/t29-,30-,39+,40-/m1/s1. The molecule has 0 aliphatic heterocycles. The number of ether oxygens (including phenoxy) is 1. The fourth-order valence-electron chi connectivity index (χ4n) is 7.46. The molecule has 0 heterocycles. The lowest BCUT2D eigenvalue weighted by Gasteiger charge is -2.60. The topological polar surface area (TPSA) is 101 Å². The van der Waals surface area contributed by atoms with Crippen LogP contribution in [0.2, 0.25) is 0 Å². The van der Waals surface area contributed by atoms with Crippen molar-refractivity contribution in [2.24, 2.45) is 28.1 Å². The number of allylic oxidation sites excluding steroid dienone is 7. The number of hydrogen-bond donors (Lipinski definition) is 2. The van der Waals surface area contributed by atoms with Crippen LogP contribution in [0.3, 0.4) is 0 Å². The van der Waals surface area contributed by atoms with Gasteiger partial charge in [0.05, 0.1) is 12.0 Å². The quantitative estimate of drug-likeness (QED) is 0.0740. The van der Waals surface area contributed by atoms with Crippen LogP contribution in [0, 0.1) is 28.1 Å². The zero-order chi connectivity index (χ0) is 34.8. The maximum atomic E-state index is 15.3. The molecule has 0 spiro atoms. The van der Waals surface area contributed by atoms with Crippen LogP contribution in [0.4, 0.5) is 0 Å². The minimum atomic E-state index is -1.60. The lowest BCUT2D eigenvalue weighted by molar-refractivity contribution is -0.177. The van der Waals surface area contributed by atoms with Crippen molar-refractivity contribution in [1.29, 1.82) is 0 Å². The molecule has 2 aliphatic carbocycles. The van der Waals surface area contributed by atoms with Gasteiger partial charge in [0, 0.05) is 5.56 Å². The van der Waals surface area contributed by atoms with Crippen LogP contribution in [0.1, 0.15) is 106 Å². The highest BCUT2D eigenvalue weighted by Gasteiger charge is 2.74. The average Bonchev–Trinajstić information content (AvgIpc) is 2.95. The largest absolute Gasteiger partial charge is 0.506 e. The van der Waals surface area contributed by atoms with E-state index >= 15 is 9.59 Å². The Bertz CT molecular complexity index is 1510. The van der Waals surface area contributed by atoms with Crippen molar-refractivity contribution in [3.63, 3.8) is 0 Å². The molecule has 2 fully saturated rings. The van der Waals surface area contributed by atoms with Crippen molar-refractivity contribution < 1.29 is 29.3 Å². The van der Waals surface area contributed by atoms with E-state index in [1.54, 1.807) is 6.92 Å². The molecule has 4 atom stereocenters. The molecule has 0 amide bonds. The monoisotopic (exact) mass is 630 g/mol. The molecule has 6 heteroatoms. The third-order valence-electron chi connectivity index (χ3n) is 10.4. The van der Waals surface area contributed by atoms with Crippen molar-refractivity contribution in [1.82, 2.24) is 0 Å². The van der Waals surface area contributed by atoms with Gasteiger partial charge in [-0.15, -0.1) is 6.58 Å². The number of Topliss-reactive ketones (excluding diaryl/α,β-unsaturated/α-hetero) is 3. The Hall–Kier alpha value is -3.67. The maximum Gasteiger partial charge on any atom is 0.184 e. The second-order valence-corrected chi connectivity index (χ2v) is 14.7. The first-order chi connectivity index (χ1) is 21.4. The second kappa shape index (κ2) is 14.0. The van der Waals surface area contributed by atoms with Gasteiger partial charge in [0.2, 0.25) is 0 Å². The number of aromatic hydroxyl groups is 1. The molecular weight excluding hydrogens is 576 g/mol. The number of benzene rings is 1. The minimum Gasteiger partial charge on any atom is -0.506 e. The summed E-state index contributed by atoms with van der Waals surface area (Å²) in [6.07, 6.45) is 6.61. The molecule has 2 saturated carbocycles. The molecule has 0 aromatic heterocycles. The Labute approximate surface area is 276 Å². The molecule has 2 aliphatic rings. The van der Waals surface area contributed by atoms with Gasteiger partial charge in [-0.2, -0.15) is 0 Å². The van der Waals surface area contributed by atoms with Gasteiger partial charge in [-0.3, -0.25) is 14.4 Å². The van der Waals surface area contributed by atoms with Gasteiger partial charge in [0.1, 0.15) is 16.7 Å². The highest BCUT2D eigenvalue weighted by Crippen LogP contribution is 2.66. The fourth-order valence-corrected chi connectivity index (χ4v) is 7.46. The van der Waals surface area contributed by atoms with Crippen LogP contribution in [0.15, 0.2) is 71.4 Å². The van der Waals surface area contributed by atoms with Gasteiger partial charge in [0.15, 0.2) is 28.8 Å². The SMILES string of the molecule is C=C(C)CC[C@H](C[C@]12C[C@@H](CC=C(C)C)C(C)(C)[C@](CC=C(C)C)(C(=O)/C(=C(\O)c3ccc(OCC)c(O)c3)C1=O)C2=O)C(=C)C. The number of aliphatic hydroxyl groups excluding tert-OH is 1. The van der Waals surface area contributed by atoms with Crippen LogP contribution in [0.25, 0.3) is 5.76 Å². The summed E-state index contributed by atoms with van der Waals surface area (Å²) in [5, 5.41) is 22.5. The van der Waals surface area contributed by atoms with Crippen molar-refractivity contribution in [2.45, 2.75) is 101 Å². The molecular formula is C40H54O6. The third-order valence-corrected chi connectivity index (χ3v) is 10.4. The summed E-state index contributed by atoms with van der Waals surface area (Å²) in [5.41, 5.74) is -0.320. The van der Waals surface area contributed by atoms with E-state index in [1.165, 1.54) is 18.2 Å². The van der Waals surface area contributed by atoms with E-state index in [0.29, 0.717) is 25.9 Å². The number of aliphatic hydroxyl groups is 1. The number of ketones is 3. The molecule has 3 rings (SSSR count). The fraction of sp³-hybridized carbons (Fsp3) is 0.525. The first-order valence-corrected chi connectivity index (χ1v) is 16.5. The Morgan fingerprint density at radius 1 is 1.02 bits per heavy atom. The van der Waals surface area contributed by atoms with Crippen molar-refractivity contribution in [3.8, 4) is 11.5 Å². The number of carbonyl (C=O) groups excluding carboxylic acids is 3. The Morgan fingerprint density at radius 3 is 2.17 bits per heavy atom. The number of phenolic OH excluding ortho intramolecular Hbond substituents is 1. The van der Waals surface area contributed by atoms with Gasteiger partial charge in [-0.25, -0.2) is 0 Å². The first kappa shape index (κ1) is 36.8. The lowest BCUT2D eigenvalue weighted by Crippen LogP contribution is -2.69. The average molecular weight is 631 g/mol. The third kappa shape index (κ3) is 6.59. The summed E-state index contributed by atoms with van der Waals surface area (Å²) in [6, 6.07) is 4.31. The number of carbonyl (C=O) groups is 3. The normalized spacial score (nSPS) is 25.4. The predicted molar refractivity (Wildman–Crippen MR) is 186 cm³/mol. The van der Waals surface area contributed by atoms with Gasteiger partial charge in [0.25, 0.3) is 0 Å². The molecule has 1 aromatic rings. The van der Waals surface area contributed by atoms with E-state index in [-0.39, 0.29) is 59.5 Å². The van der Waals surface area contributed by atoms with Gasteiger partial charge < -0.3 is 14.9 Å². The molecule has 2 bridgehead atoms. The second-order valence-electron chi connectivity index (χ2n) is 14.7. The smallest absolute Gasteiger partial charge is 0.184 e. The summed E-state index contributed by atoms with van der Waals surface area (Å²) >= 11 is 0. The molecule has 0 radical (unpaired) electrons. The Morgan fingerprint density at radius 2 is 1.65 bits per heavy atom. The van der Waals surface area contributed by atoms with E-state index in [1.807, 2.05) is 61.5 Å². The van der Waals surface area contributed by atoms with E-state index in [4.69, 9.17) is 4.74 Å². The summed E-state index contributed by atoms with van der Waals surface area (Å²) in [5.74, 6) is -2.51. The zero-order valence-corrected chi connectivity index (χ0v) is 29.4. The maximum absolute atomic E-state index is 15.3. The first-order valence-electron chi connectivity index (χ1n) is 16.5. The van der Waals surface area contributed by atoms with Crippen molar-refractivity contribution >= 4 is 23.1 Å². The molecule has 250 valence electrons. The van der Waals surface area contributed by atoms with Gasteiger partial charge >= 0.3 is 0 Å². The molecule has 0 unspecified atom stereocenters. The summed E-state index contributed by atoms with van der Waals surface area (Å²) < 4.78 is 5.45. The van der Waals surface area contributed by atoms with Crippen LogP contribution >= 0.6 is 0 Å². The van der Waals surface area contributed by atoms with Gasteiger partial charge in [-0.1, -0.05) is 54.9 Å². The lowest BCUT2D eigenvalue weighted by atomic mass is 9.38. The van der Waals surface area contributed by atoms with Crippen molar-refractivity contribution in [3.05, 3.63) is 76.9 Å². The number of rotatable bonds is 13. The summed E-state index contributed by atoms with van der Waals surface area (Å²) in [7, 11) is 0. The molecule has 1 aromatic carbocycles. The Kier molecular flexibility index (Phi) is 11.2. The molecule has 0 saturated heterocycles. The molecule has 46 heavy (non-hydrogen) atoms. The number of phenols is 1. The summed E-state index contributed by atoms with van der Waals surface area (Å²) in [4.78, 5) is 45.3. The van der Waals surface area contributed by atoms with E-state index in [9.17, 15) is 15.0 Å². The Balaban J connectivity index is 2.44. The van der Waals surface area contributed by atoms with Crippen LogP contribution in [-0.2, 0) is 14.4 Å². The van der Waals surface area contributed by atoms with Crippen LogP contribution < -0.4 is 4.74 Å². The number of hydrogen-bond acceptors (Lipinski definition) is 6. The molecule has 2 N–H and O–H groups in total. The number of fused-ring (bicyclic) bond motifs is 2. The van der Waals surface area contributed by atoms with E-state index in [2.05, 4.69) is 19.2 Å². The highest BCUT2D eigenvalue weighted by atomic mass is 16.5. The zero-order valence-electron chi connectivity index (χ0n) is 29.4. The van der Waals surface area contributed by atoms with E-state index in [0.717, 1.165) is 22.3 Å². The van der Waals surface area contributed by atoms with Gasteiger partial charge in [-0.05, 0) is 122 Å². The van der Waals surface area contributed by atoms with E-state index < -0.39 is 33.6 Å². The summed E-state index contributed by atoms with van der Waals surface area (Å²) in [6.45, 7) is 26.1. The van der Waals surface area contributed by atoms with Crippen LogP contribution in [-0.4, -0.2) is 34.2 Å². The predicted octanol–water partition coefficient (Wildman–Crippen LogP) is 9.45. The highest BCUT2D eigenvalue weighted by molar-refractivity contribution is 6.41. The van der Waals surface area contributed by atoms with Crippen molar-refractivity contribution in [2.75, 3.05) is 6.61 Å². The van der Waals surface area contributed by atoms with Crippen LogP contribution in [0.5, 0.6) is 11.5 Å². The molecule has 6 nitrogen and oxygen atoms in total. The minimum absolute atomic E-state index is 0.107.